The zero-order valence-corrected chi connectivity index (χ0v) is 13.0. The van der Waals surface area contributed by atoms with Crippen LogP contribution in [0.1, 0.15) is 15.4 Å². The summed E-state index contributed by atoms with van der Waals surface area (Å²) in [5, 5.41) is 1.03. The van der Waals surface area contributed by atoms with Crippen molar-refractivity contribution < 1.29 is 4.79 Å². The van der Waals surface area contributed by atoms with Crippen molar-refractivity contribution >= 4 is 39.7 Å². The molecule has 0 spiro atoms. The molecule has 0 atom stereocenters. The predicted octanol–water partition coefficient (Wildman–Crippen LogP) is 4.22. The Morgan fingerprint density at radius 2 is 2.00 bits per heavy atom. The van der Waals surface area contributed by atoms with Gasteiger partial charge in [-0.25, -0.2) is 4.98 Å². The van der Waals surface area contributed by atoms with E-state index < -0.39 is 0 Å². The number of hydrogen-bond acceptors (Lipinski definition) is 3. The Kier molecular flexibility index (Phi) is 3.90. The number of carbonyl (C=O) groups is 1. The Morgan fingerprint density at radius 1 is 1.19 bits per heavy atom. The lowest BCUT2D eigenvalue weighted by Gasteiger charge is -2.15. The molecule has 1 aromatic carbocycles. The molecule has 3 nitrogen and oxygen atoms in total. The van der Waals surface area contributed by atoms with Crippen LogP contribution in [0.3, 0.4) is 0 Å². The van der Waals surface area contributed by atoms with Gasteiger partial charge in [-0.2, -0.15) is 0 Å². The van der Waals surface area contributed by atoms with Gasteiger partial charge in [-0.3, -0.25) is 4.79 Å². The third-order valence-corrected chi connectivity index (χ3v) is 4.40. The number of thiophene rings is 1. The average Bonchev–Trinajstić information content (AvgIpc) is 2.91. The number of pyridine rings is 1. The number of halogens is 1. The van der Waals surface area contributed by atoms with E-state index in [1.807, 2.05) is 42.5 Å². The van der Waals surface area contributed by atoms with Crippen LogP contribution in [0.4, 0.5) is 0 Å². The summed E-state index contributed by atoms with van der Waals surface area (Å²) in [6.45, 7) is 0.532. The molecular formula is C16H13ClN2OS. The van der Waals surface area contributed by atoms with Gasteiger partial charge in [-0.15, -0.1) is 11.3 Å². The molecule has 2 heterocycles. The highest BCUT2D eigenvalue weighted by atomic mass is 35.5. The molecular weight excluding hydrogens is 304 g/mol. The van der Waals surface area contributed by atoms with Crippen LogP contribution < -0.4 is 0 Å². The third kappa shape index (κ3) is 3.06. The molecule has 0 N–H and O–H groups in total. The minimum absolute atomic E-state index is 0.0923. The molecule has 21 heavy (non-hydrogen) atoms. The number of carbonyl (C=O) groups excluding carboxylic acids is 1. The topological polar surface area (TPSA) is 33.2 Å². The predicted molar refractivity (Wildman–Crippen MR) is 86.9 cm³/mol. The van der Waals surface area contributed by atoms with Crippen molar-refractivity contribution in [3.63, 3.8) is 0 Å². The van der Waals surface area contributed by atoms with E-state index in [0.717, 1.165) is 20.1 Å². The highest BCUT2D eigenvalue weighted by Crippen LogP contribution is 2.23. The molecule has 0 radical (unpaired) electrons. The molecule has 3 rings (SSSR count). The molecule has 0 saturated carbocycles. The lowest BCUT2D eigenvalue weighted by molar-refractivity contribution is 0.0781. The van der Waals surface area contributed by atoms with Crippen LogP contribution in [-0.4, -0.2) is 22.8 Å². The summed E-state index contributed by atoms with van der Waals surface area (Å²) in [4.78, 5) is 19.6. The Labute approximate surface area is 131 Å². The van der Waals surface area contributed by atoms with E-state index in [1.165, 1.54) is 11.3 Å². The Balaban J connectivity index is 1.82. The standard InChI is InChI=1S/C16H13ClN2OS/c1-19(10-12-7-9-15(17)21-12)16(20)14-8-6-11-4-2-3-5-13(11)18-14/h2-9H,10H2,1H3. The van der Waals surface area contributed by atoms with Crippen LogP contribution in [0.15, 0.2) is 48.5 Å². The second-order valence-electron chi connectivity index (χ2n) is 4.76. The SMILES string of the molecule is CN(Cc1ccc(Cl)s1)C(=O)c1ccc2ccccc2n1. The molecule has 2 aromatic heterocycles. The van der Waals surface area contributed by atoms with E-state index in [2.05, 4.69) is 4.98 Å². The number of rotatable bonds is 3. The lowest BCUT2D eigenvalue weighted by atomic mass is 10.2. The number of fused-ring (bicyclic) bond motifs is 1. The Hall–Kier alpha value is -1.91. The van der Waals surface area contributed by atoms with Gasteiger partial charge in [0.25, 0.3) is 5.91 Å². The highest BCUT2D eigenvalue weighted by molar-refractivity contribution is 7.16. The molecule has 106 valence electrons. The van der Waals surface area contributed by atoms with Gasteiger partial charge in [0.05, 0.1) is 16.4 Å². The molecule has 0 saturated heterocycles. The Bertz CT molecular complexity index is 800. The second kappa shape index (κ2) is 5.84. The van der Waals surface area contributed by atoms with Crippen molar-refractivity contribution in [1.29, 1.82) is 0 Å². The smallest absolute Gasteiger partial charge is 0.272 e. The highest BCUT2D eigenvalue weighted by Gasteiger charge is 2.14. The molecule has 3 aromatic rings. The number of nitrogens with zero attached hydrogens (tertiary/aromatic N) is 2. The number of hydrogen-bond donors (Lipinski definition) is 0. The number of aromatic nitrogens is 1. The number of benzene rings is 1. The van der Waals surface area contributed by atoms with Gasteiger partial charge in [0.1, 0.15) is 5.69 Å². The van der Waals surface area contributed by atoms with Gasteiger partial charge in [-0.1, -0.05) is 35.9 Å². The Morgan fingerprint density at radius 3 is 2.76 bits per heavy atom. The second-order valence-corrected chi connectivity index (χ2v) is 6.56. The van der Waals surface area contributed by atoms with Crippen LogP contribution in [0.25, 0.3) is 10.9 Å². The van der Waals surface area contributed by atoms with Gasteiger partial charge >= 0.3 is 0 Å². The first kappa shape index (κ1) is 14.0. The van der Waals surface area contributed by atoms with E-state index in [1.54, 1.807) is 18.0 Å². The monoisotopic (exact) mass is 316 g/mol. The average molecular weight is 317 g/mol. The summed E-state index contributed by atoms with van der Waals surface area (Å²) in [5.41, 5.74) is 1.29. The first-order valence-corrected chi connectivity index (χ1v) is 7.68. The minimum Gasteiger partial charge on any atom is -0.335 e. The number of para-hydroxylation sites is 1. The minimum atomic E-state index is -0.0923. The first-order chi connectivity index (χ1) is 10.1. The fraction of sp³-hybridized carbons (Fsp3) is 0.125. The van der Waals surface area contributed by atoms with Crippen LogP contribution in [0.2, 0.25) is 4.34 Å². The van der Waals surface area contributed by atoms with Crippen molar-refractivity contribution in [3.05, 3.63) is 63.4 Å². The van der Waals surface area contributed by atoms with Gasteiger partial charge in [0, 0.05) is 17.3 Å². The zero-order valence-electron chi connectivity index (χ0n) is 11.4. The van der Waals surface area contributed by atoms with Gasteiger partial charge in [0.2, 0.25) is 0 Å². The molecule has 0 aliphatic carbocycles. The molecule has 5 heteroatoms. The van der Waals surface area contributed by atoms with Crippen molar-refractivity contribution in [1.82, 2.24) is 9.88 Å². The summed E-state index contributed by atoms with van der Waals surface area (Å²) < 4.78 is 0.731. The summed E-state index contributed by atoms with van der Waals surface area (Å²) in [7, 11) is 1.77. The van der Waals surface area contributed by atoms with E-state index in [4.69, 9.17) is 11.6 Å². The molecule has 1 amide bonds. The van der Waals surface area contributed by atoms with Crippen LogP contribution in [-0.2, 0) is 6.54 Å². The molecule has 0 aliphatic rings. The van der Waals surface area contributed by atoms with Crippen molar-refractivity contribution in [3.8, 4) is 0 Å². The van der Waals surface area contributed by atoms with Crippen LogP contribution in [0, 0.1) is 0 Å². The first-order valence-electron chi connectivity index (χ1n) is 6.49. The molecule has 0 aliphatic heterocycles. The zero-order chi connectivity index (χ0) is 14.8. The van der Waals surface area contributed by atoms with Crippen molar-refractivity contribution in [2.45, 2.75) is 6.54 Å². The van der Waals surface area contributed by atoms with E-state index >= 15 is 0 Å². The van der Waals surface area contributed by atoms with Crippen molar-refractivity contribution in [2.24, 2.45) is 0 Å². The molecule has 0 unspecified atom stereocenters. The fourth-order valence-electron chi connectivity index (χ4n) is 2.12. The largest absolute Gasteiger partial charge is 0.335 e. The summed E-state index contributed by atoms with van der Waals surface area (Å²) in [5.74, 6) is -0.0923. The fourth-order valence-corrected chi connectivity index (χ4v) is 3.26. The van der Waals surface area contributed by atoms with Gasteiger partial charge in [-0.05, 0) is 24.3 Å². The van der Waals surface area contributed by atoms with Crippen molar-refractivity contribution in [2.75, 3.05) is 7.05 Å². The van der Waals surface area contributed by atoms with E-state index in [-0.39, 0.29) is 5.91 Å². The molecule has 0 fully saturated rings. The van der Waals surface area contributed by atoms with E-state index in [9.17, 15) is 4.79 Å². The summed E-state index contributed by atoms with van der Waals surface area (Å²) in [6.07, 6.45) is 0. The number of amides is 1. The van der Waals surface area contributed by atoms with Crippen LogP contribution >= 0.6 is 22.9 Å². The van der Waals surface area contributed by atoms with Gasteiger partial charge in [0.15, 0.2) is 0 Å². The van der Waals surface area contributed by atoms with Crippen LogP contribution in [0.5, 0.6) is 0 Å². The normalized spacial score (nSPS) is 10.8. The third-order valence-electron chi connectivity index (χ3n) is 3.19. The maximum atomic E-state index is 12.4. The molecule has 0 bridgehead atoms. The van der Waals surface area contributed by atoms with E-state index in [0.29, 0.717) is 12.2 Å². The van der Waals surface area contributed by atoms with Gasteiger partial charge < -0.3 is 4.90 Å². The summed E-state index contributed by atoms with van der Waals surface area (Å²) in [6, 6.07) is 15.2. The lowest BCUT2D eigenvalue weighted by Crippen LogP contribution is -2.26. The maximum Gasteiger partial charge on any atom is 0.272 e. The summed E-state index contributed by atoms with van der Waals surface area (Å²) >= 11 is 7.39. The maximum absolute atomic E-state index is 12.4. The quantitative estimate of drug-likeness (QED) is 0.724.